The number of hydrogen-bond donors (Lipinski definition) is 1. The highest BCUT2D eigenvalue weighted by atomic mass is 32.2. The zero-order chi connectivity index (χ0) is 32.7. The zero-order valence-corrected chi connectivity index (χ0v) is 23.9. The van der Waals surface area contributed by atoms with Gasteiger partial charge in [0.05, 0.1) is 0 Å². The second-order valence-corrected chi connectivity index (χ2v) is 11.8. The first kappa shape index (κ1) is 35.3. The predicted octanol–water partition coefficient (Wildman–Crippen LogP) is 8.16. The molecule has 2 aromatic carbocycles. The van der Waals surface area contributed by atoms with Crippen LogP contribution in [-0.2, 0) is 19.3 Å². The van der Waals surface area contributed by atoms with Crippen LogP contribution in [0.15, 0.2) is 46.4 Å². The highest BCUT2D eigenvalue weighted by Crippen LogP contribution is 2.54. The van der Waals surface area contributed by atoms with Gasteiger partial charge in [0, 0.05) is 5.56 Å². The standard InChI is InChI=1S/C26H28F9NO5S/c1-7-22(5,6)21(40-37)18-10-8-17(9-11-18)20(23(27,28)24(29,30)25(31,32)26(33,34)35)36-41-42(38,39)19-15(3)12-14(2)13-16(19)4/h8-13,21,37H,7H2,1-6H3/b36-20+. The Morgan fingerprint density at radius 1 is 0.881 bits per heavy atom. The number of aryl methyl sites for hydroxylation is 3. The molecule has 16 heteroatoms. The second kappa shape index (κ2) is 11.7. The average molecular weight is 638 g/mol. The fourth-order valence-electron chi connectivity index (χ4n) is 4.16. The normalized spacial score (nSPS) is 15.1. The van der Waals surface area contributed by atoms with Crippen molar-refractivity contribution < 1.29 is 62.4 Å². The third-order valence-corrected chi connectivity index (χ3v) is 8.15. The van der Waals surface area contributed by atoms with Gasteiger partial charge in [-0.1, -0.05) is 67.9 Å². The third kappa shape index (κ3) is 6.39. The van der Waals surface area contributed by atoms with Gasteiger partial charge in [0.2, 0.25) is 0 Å². The topological polar surface area (TPSA) is 85.2 Å². The van der Waals surface area contributed by atoms with Gasteiger partial charge in [-0.3, -0.25) is 9.54 Å². The van der Waals surface area contributed by atoms with E-state index >= 15 is 8.78 Å². The molecule has 0 fully saturated rings. The zero-order valence-electron chi connectivity index (χ0n) is 23.1. The van der Waals surface area contributed by atoms with Crippen molar-refractivity contribution in [1.29, 1.82) is 0 Å². The van der Waals surface area contributed by atoms with Gasteiger partial charge in [-0.2, -0.15) is 47.9 Å². The Morgan fingerprint density at radius 2 is 1.36 bits per heavy atom. The van der Waals surface area contributed by atoms with E-state index in [1.807, 2.05) is 0 Å². The maximum absolute atomic E-state index is 15.1. The molecule has 0 saturated carbocycles. The molecule has 1 unspecified atom stereocenters. The van der Waals surface area contributed by atoms with Gasteiger partial charge >= 0.3 is 34.1 Å². The molecule has 0 saturated heterocycles. The van der Waals surface area contributed by atoms with Crippen LogP contribution in [0.4, 0.5) is 39.5 Å². The first-order valence-electron chi connectivity index (χ1n) is 12.1. The van der Waals surface area contributed by atoms with E-state index in [-0.39, 0.29) is 16.7 Å². The Balaban J connectivity index is 2.79. The minimum Gasteiger partial charge on any atom is -0.264 e. The fourth-order valence-corrected chi connectivity index (χ4v) is 5.31. The molecule has 0 aromatic heterocycles. The lowest BCUT2D eigenvalue weighted by atomic mass is 9.80. The molecular weight excluding hydrogens is 609 g/mol. The molecule has 0 heterocycles. The average Bonchev–Trinajstić information content (AvgIpc) is 2.83. The van der Waals surface area contributed by atoms with Gasteiger partial charge in [-0.25, -0.2) is 4.89 Å². The summed E-state index contributed by atoms with van der Waals surface area (Å²) >= 11 is 0. The summed E-state index contributed by atoms with van der Waals surface area (Å²) in [5.74, 6) is -20.9. The SMILES string of the molecule is CCC(C)(C)C(OO)c1ccc(/C(=N\OS(=O)(=O)c2c(C)cc(C)cc2C)C(F)(F)C(F)(F)C(F)(F)C(F)(F)F)cc1. The van der Waals surface area contributed by atoms with E-state index in [9.17, 15) is 44.4 Å². The lowest BCUT2D eigenvalue weighted by Gasteiger charge is -2.34. The number of nitrogens with zero attached hydrogens (tertiary/aromatic N) is 1. The van der Waals surface area contributed by atoms with Crippen LogP contribution in [0, 0.1) is 26.2 Å². The molecule has 0 aliphatic carbocycles. The quantitative estimate of drug-likeness (QED) is 0.116. The number of benzene rings is 2. The summed E-state index contributed by atoms with van der Waals surface area (Å²) in [6.45, 7) is 9.14. The van der Waals surface area contributed by atoms with E-state index in [1.165, 1.54) is 26.0 Å². The molecule has 0 amide bonds. The summed E-state index contributed by atoms with van der Waals surface area (Å²) in [6.07, 6.45) is -7.86. The minimum atomic E-state index is -7.28. The second-order valence-electron chi connectivity index (χ2n) is 10.4. The van der Waals surface area contributed by atoms with Gasteiger partial charge in [-0.15, -0.1) is 0 Å². The van der Waals surface area contributed by atoms with E-state index in [1.54, 1.807) is 27.7 Å². The molecule has 0 spiro atoms. The van der Waals surface area contributed by atoms with Crippen molar-refractivity contribution in [2.24, 2.45) is 10.6 Å². The molecule has 1 atom stereocenters. The number of oxime groups is 1. The molecular formula is C26H28F9NO5S. The van der Waals surface area contributed by atoms with Gasteiger partial charge in [0.25, 0.3) is 0 Å². The molecule has 42 heavy (non-hydrogen) atoms. The van der Waals surface area contributed by atoms with Gasteiger partial charge < -0.3 is 0 Å². The smallest absolute Gasteiger partial charge is 0.264 e. The predicted molar refractivity (Wildman–Crippen MR) is 133 cm³/mol. The van der Waals surface area contributed by atoms with Crippen molar-refractivity contribution >= 4 is 15.8 Å². The fraction of sp³-hybridized carbons (Fsp3) is 0.500. The number of alkyl halides is 9. The van der Waals surface area contributed by atoms with Gasteiger partial charge in [0.15, 0.2) is 5.71 Å². The van der Waals surface area contributed by atoms with Crippen molar-refractivity contribution in [2.45, 2.75) is 82.9 Å². The summed E-state index contributed by atoms with van der Waals surface area (Å²) in [6, 6.07) is 5.66. The molecule has 6 nitrogen and oxygen atoms in total. The molecule has 236 valence electrons. The van der Waals surface area contributed by atoms with Crippen molar-refractivity contribution in [3.05, 3.63) is 64.2 Å². The molecule has 1 N–H and O–H groups in total. The van der Waals surface area contributed by atoms with Crippen molar-refractivity contribution in [3.63, 3.8) is 0 Å². The first-order valence-corrected chi connectivity index (χ1v) is 13.5. The number of halogens is 9. The largest absolute Gasteiger partial charge is 0.460 e. The summed E-state index contributed by atoms with van der Waals surface area (Å²) in [5, 5.41) is 11.9. The first-order chi connectivity index (χ1) is 18.9. The third-order valence-electron chi connectivity index (χ3n) is 6.74. The highest BCUT2D eigenvalue weighted by molar-refractivity contribution is 7.86. The van der Waals surface area contributed by atoms with Crippen LogP contribution < -0.4 is 0 Å². The maximum atomic E-state index is 15.1. The highest BCUT2D eigenvalue weighted by Gasteiger charge is 2.83. The maximum Gasteiger partial charge on any atom is 0.460 e. The van der Waals surface area contributed by atoms with E-state index in [0.29, 0.717) is 24.1 Å². The Bertz CT molecular complexity index is 1400. The van der Waals surface area contributed by atoms with E-state index in [0.717, 1.165) is 12.1 Å². The lowest BCUT2D eigenvalue weighted by Crippen LogP contribution is -2.63. The Labute approximate surface area is 236 Å². The molecule has 2 aromatic rings. The summed E-state index contributed by atoms with van der Waals surface area (Å²) in [4.78, 5) is 3.82. The summed E-state index contributed by atoms with van der Waals surface area (Å²) < 4.78 is 155. The summed E-state index contributed by atoms with van der Waals surface area (Å²) in [5.41, 5.74) is -3.86. The van der Waals surface area contributed by atoms with Crippen molar-refractivity contribution in [2.75, 3.05) is 0 Å². The van der Waals surface area contributed by atoms with Crippen LogP contribution in [0.2, 0.25) is 0 Å². The van der Waals surface area contributed by atoms with Crippen LogP contribution in [0.25, 0.3) is 0 Å². The van der Waals surface area contributed by atoms with Crippen LogP contribution in [0.3, 0.4) is 0 Å². The lowest BCUT2D eigenvalue weighted by molar-refractivity contribution is -0.384. The minimum absolute atomic E-state index is 0.0166. The van der Waals surface area contributed by atoms with Crippen LogP contribution in [0.5, 0.6) is 0 Å². The van der Waals surface area contributed by atoms with Crippen LogP contribution >= 0.6 is 0 Å². The van der Waals surface area contributed by atoms with Crippen molar-refractivity contribution in [3.8, 4) is 0 Å². The van der Waals surface area contributed by atoms with E-state index in [2.05, 4.69) is 14.3 Å². The van der Waals surface area contributed by atoms with Gasteiger partial charge in [0.1, 0.15) is 11.0 Å². The monoisotopic (exact) mass is 637 g/mol. The summed E-state index contributed by atoms with van der Waals surface area (Å²) in [7, 11) is -5.19. The molecule has 2 rings (SSSR count). The Kier molecular flexibility index (Phi) is 9.83. The number of rotatable bonds is 11. The van der Waals surface area contributed by atoms with Gasteiger partial charge in [-0.05, 0) is 49.3 Å². The molecule has 0 radical (unpaired) electrons. The van der Waals surface area contributed by atoms with Crippen LogP contribution in [-0.4, -0.2) is 43.3 Å². The molecule has 0 bridgehead atoms. The van der Waals surface area contributed by atoms with E-state index in [4.69, 9.17) is 0 Å². The molecule has 0 aliphatic heterocycles. The Morgan fingerprint density at radius 3 is 1.76 bits per heavy atom. The van der Waals surface area contributed by atoms with Crippen LogP contribution in [0.1, 0.15) is 61.1 Å². The molecule has 0 aliphatic rings. The van der Waals surface area contributed by atoms with Crippen molar-refractivity contribution in [1.82, 2.24) is 0 Å². The van der Waals surface area contributed by atoms with E-state index < -0.39 is 61.8 Å². The number of hydrogen-bond acceptors (Lipinski definition) is 6. The Hall–Kier alpha value is -2.85.